The molecule has 1 amide bonds. The molecule has 0 fully saturated rings. The highest BCUT2D eigenvalue weighted by Gasteiger charge is 2.11. The zero-order valence-corrected chi connectivity index (χ0v) is 9.48. The van der Waals surface area contributed by atoms with E-state index in [0.29, 0.717) is 10.6 Å². The van der Waals surface area contributed by atoms with Gasteiger partial charge in [0.05, 0.1) is 0 Å². The molecule has 0 aliphatic carbocycles. The monoisotopic (exact) mass is 248 g/mol. The summed E-state index contributed by atoms with van der Waals surface area (Å²) in [4.78, 5) is 11.0. The molecule has 0 unspecified atom stereocenters. The maximum absolute atomic E-state index is 11.0. The number of rotatable bonds is 2. The van der Waals surface area contributed by atoms with E-state index in [1.54, 1.807) is 30.3 Å². The van der Waals surface area contributed by atoms with Gasteiger partial charge in [0.2, 0.25) is 0 Å². The fourth-order valence-corrected chi connectivity index (χ4v) is 1.79. The molecule has 5 heteroatoms. The van der Waals surface area contributed by atoms with Gasteiger partial charge in [-0.3, -0.25) is 4.79 Å². The molecule has 0 atom stereocenters. The van der Waals surface area contributed by atoms with Gasteiger partial charge in [-0.05, 0) is 29.0 Å². The summed E-state index contributed by atoms with van der Waals surface area (Å²) in [5, 5.41) is 14.1. The van der Waals surface area contributed by atoms with Crippen molar-refractivity contribution in [2.24, 2.45) is 10.9 Å². The van der Waals surface area contributed by atoms with Crippen LogP contribution in [0.15, 0.2) is 41.6 Å². The van der Waals surface area contributed by atoms with Crippen LogP contribution in [0.4, 0.5) is 0 Å². The minimum atomic E-state index is -0.777. The largest absolute Gasteiger partial charge is 0.410 e. The quantitative estimate of drug-likeness (QED) is 0.485. The lowest BCUT2D eigenvalue weighted by atomic mass is 10.0. The van der Waals surface area contributed by atoms with E-state index in [1.165, 1.54) is 0 Å². The first kappa shape index (κ1) is 11.4. The van der Waals surface area contributed by atoms with Gasteiger partial charge in [0.15, 0.2) is 5.71 Å². The van der Waals surface area contributed by atoms with Crippen LogP contribution in [0.3, 0.4) is 0 Å². The smallest absolute Gasteiger partial charge is 0.271 e. The molecule has 0 aliphatic heterocycles. The standard InChI is InChI=1S/C12H9ClN2O2/c13-10-4-3-7-5-9(2-1-8(7)6-10)11(15-17)12(14)16/h1-6,17H,(H2,14,16). The summed E-state index contributed by atoms with van der Waals surface area (Å²) in [6, 6.07) is 10.5. The second-order valence-corrected chi connectivity index (χ2v) is 3.96. The highest BCUT2D eigenvalue weighted by Crippen LogP contribution is 2.20. The average molecular weight is 249 g/mol. The lowest BCUT2D eigenvalue weighted by molar-refractivity contribution is -0.112. The number of amides is 1. The number of nitrogens with two attached hydrogens (primary N) is 1. The highest BCUT2D eigenvalue weighted by atomic mass is 35.5. The fraction of sp³-hybridized carbons (Fsp3) is 0. The number of carbonyl (C=O) groups is 1. The van der Waals surface area contributed by atoms with Gasteiger partial charge in [0.25, 0.3) is 5.91 Å². The van der Waals surface area contributed by atoms with Gasteiger partial charge in [-0.1, -0.05) is 35.0 Å². The van der Waals surface area contributed by atoms with Crippen molar-refractivity contribution >= 4 is 34.0 Å². The molecule has 2 rings (SSSR count). The average Bonchev–Trinajstić information content (AvgIpc) is 2.29. The van der Waals surface area contributed by atoms with Gasteiger partial charge in [0.1, 0.15) is 0 Å². The van der Waals surface area contributed by atoms with Crippen molar-refractivity contribution in [1.29, 1.82) is 0 Å². The Bertz CT molecular complexity index is 623. The summed E-state index contributed by atoms with van der Waals surface area (Å²) >= 11 is 5.86. The van der Waals surface area contributed by atoms with Gasteiger partial charge >= 0.3 is 0 Å². The fourth-order valence-electron chi connectivity index (χ4n) is 1.61. The van der Waals surface area contributed by atoms with Crippen molar-refractivity contribution < 1.29 is 10.0 Å². The summed E-state index contributed by atoms with van der Waals surface area (Å²) in [6.07, 6.45) is 0. The summed E-state index contributed by atoms with van der Waals surface area (Å²) < 4.78 is 0. The lowest BCUT2D eigenvalue weighted by Crippen LogP contribution is -2.24. The van der Waals surface area contributed by atoms with Gasteiger partial charge in [-0.2, -0.15) is 0 Å². The van der Waals surface area contributed by atoms with Crippen LogP contribution in [0.25, 0.3) is 10.8 Å². The minimum Gasteiger partial charge on any atom is -0.410 e. The summed E-state index contributed by atoms with van der Waals surface area (Å²) in [6.45, 7) is 0. The van der Waals surface area contributed by atoms with E-state index >= 15 is 0 Å². The molecule has 0 aliphatic rings. The van der Waals surface area contributed by atoms with Crippen LogP contribution in [0.2, 0.25) is 5.02 Å². The predicted octanol–water partition coefficient (Wildman–Crippen LogP) is 2.16. The third-order valence-corrected chi connectivity index (χ3v) is 2.64. The van der Waals surface area contributed by atoms with Crippen molar-refractivity contribution in [3.8, 4) is 0 Å². The van der Waals surface area contributed by atoms with E-state index in [4.69, 9.17) is 22.5 Å². The predicted molar refractivity (Wildman–Crippen MR) is 66.5 cm³/mol. The van der Waals surface area contributed by atoms with Gasteiger partial charge in [-0.25, -0.2) is 0 Å². The summed E-state index contributed by atoms with van der Waals surface area (Å²) in [5.74, 6) is -0.777. The van der Waals surface area contributed by atoms with E-state index in [-0.39, 0.29) is 5.71 Å². The Balaban J connectivity index is 2.59. The zero-order chi connectivity index (χ0) is 12.4. The zero-order valence-electron chi connectivity index (χ0n) is 8.72. The maximum Gasteiger partial charge on any atom is 0.271 e. The first-order valence-corrected chi connectivity index (χ1v) is 5.21. The Kier molecular flexibility index (Phi) is 2.97. The lowest BCUT2D eigenvalue weighted by Gasteiger charge is -2.03. The Morgan fingerprint density at radius 2 is 1.82 bits per heavy atom. The number of halogens is 1. The number of carbonyl (C=O) groups excluding carboxylic acids is 1. The van der Waals surface area contributed by atoms with E-state index in [2.05, 4.69) is 5.16 Å². The molecule has 3 N–H and O–H groups in total. The van der Waals surface area contributed by atoms with Crippen molar-refractivity contribution in [1.82, 2.24) is 0 Å². The second kappa shape index (κ2) is 4.43. The third-order valence-electron chi connectivity index (χ3n) is 2.41. The molecule has 0 heterocycles. The van der Waals surface area contributed by atoms with Crippen molar-refractivity contribution in [2.75, 3.05) is 0 Å². The second-order valence-electron chi connectivity index (χ2n) is 3.52. The van der Waals surface area contributed by atoms with E-state index < -0.39 is 5.91 Å². The molecule has 0 radical (unpaired) electrons. The van der Waals surface area contributed by atoms with E-state index in [0.717, 1.165) is 10.8 Å². The van der Waals surface area contributed by atoms with Gasteiger partial charge < -0.3 is 10.9 Å². The Morgan fingerprint density at radius 3 is 2.47 bits per heavy atom. The maximum atomic E-state index is 11.0. The molecule has 2 aromatic rings. The summed E-state index contributed by atoms with van der Waals surface area (Å²) in [5.41, 5.74) is 5.40. The molecule has 0 bridgehead atoms. The number of oxime groups is 1. The first-order chi connectivity index (χ1) is 8.11. The summed E-state index contributed by atoms with van der Waals surface area (Å²) in [7, 11) is 0. The molecule has 86 valence electrons. The topological polar surface area (TPSA) is 75.7 Å². The number of nitrogens with zero attached hydrogens (tertiary/aromatic N) is 1. The van der Waals surface area contributed by atoms with E-state index in [9.17, 15) is 4.79 Å². The Labute approximate surface area is 102 Å². The number of benzene rings is 2. The molecular weight excluding hydrogens is 240 g/mol. The third kappa shape index (κ3) is 2.21. The van der Waals surface area contributed by atoms with Crippen LogP contribution in [-0.2, 0) is 4.79 Å². The number of hydrogen-bond acceptors (Lipinski definition) is 3. The first-order valence-electron chi connectivity index (χ1n) is 4.83. The van der Waals surface area contributed by atoms with Crippen LogP contribution in [-0.4, -0.2) is 16.8 Å². The van der Waals surface area contributed by atoms with Crippen molar-refractivity contribution in [3.63, 3.8) is 0 Å². The molecule has 0 saturated carbocycles. The van der Waals surface area contributed by atoms with Crippen molar-refractivity contribution in [2.45, 2.75) is 0 Å². The molecule has 0 aromatic heterocycles. The molecule has 0 spiro atoms. The number of primary amides is 1. The molecule has 0 saturated heterocycles. The number of hydrogen-bond donors (Lipinski definition) is 2. The van der Waals surface area contributed by atoms with Gasteiger partial charge in [0, 0.05) is 10.6 Å². The minimum absolute atomic E-state index is 0.165. The van der Waals surface area contributed by atoms with Crippen LogP contribution in [0.5, 0.6) is 0 Å². The molecule has 2 aromatic carbocycles. The van der Waals surface area contributed by atoms with Crippen LogP contribution < -0.4 is 5.73 Å². The molecule has 17 heavy (non-hydrogen) atoms. The Hall–Kier alpha value is -2.07. The van der Waals surface area contributed by atoms with Crippen LogP contribution in [0.1, 0.15) is 5.56 Å². The Morgan fingerprint density at radius 1 is 1.18 bits per heavy atom. The SMILES string of the molecule is NC(=O)C(=NO)c1ccc2cc(Cl)ccc2c1. The van der Waals surface area contributed by atoms with Crippen LogP contribution >= 0.6 is 11.6 Å². The van der Waals surface area contributed by atoms with Crippen molar-refractivity contribution in [3.05, 3.63) is 47.0 Å². The van der Waals surface area contributed by atoms with E-state index in [1.807, 2.05) is 6.07 Å². The molecule has 4 nitrogen and oxygen atoms in total. The van der Waals surface area contributed by atoms with Crippen LogP contribution in [0, 0.1) is 0 Å². The highest BCUT2D eigenvalue weighted by molar-refractivity contribution is 6.45. The van der Waals surface area contributed by atoms with Gasteiger partial charge in [-0.15, -0.1) is 0 Å². The number of fused-ring (bicyclic) bond motifs is 1. The normalized spacial score (nSPS) is 11.7. The molecular formula is C12H9ClN2O2.